The van der Waals surface area contributed by atoms with E-state index in [0.717, 1.165) is 16.6 Å². The van der Waals surface area contributed by atoms with Crippen molar-refractivity contribution in [2.24, 2.45) is 0 Å². The molecule has 0 aliphatic rings. The predicted octanol–water partition coefficient (Wildman–Crippen LogP) is 1.43. The van der Waals surface area contributed by atoms with Crippen molar-refractivity contribution in [1.82, 2.24) is 20.3 Å². The summed E-state index contributed by atoms with van der Waals surface area (Å²) >= 11 is 0. The van der Waals surface area contributed by atoms with Crippen LogP contribution >= 0.6 is 0 Å². The van der Waals surface area contributed by atoms with E-state index in [0.29, 0.717) is 12.1 Å². The second-order valence-corrected chi connectivity index (χ2v) is 4.85. The summed E-state index contributed by atoms with van der Waals surface area (Å²) in [6.45, 7) is 0.00440. The third-order valence-corrected chi connectivity index (χ3v) is 3.20. The zero-order chi connectivity index (χ0) is 16.1. The molecule has 0 radical (unpaired) electrons. The number of aromatic nitrogens is 3. The normalized spacial score (nSPS) is 10.4. The smallest absolute Gasteiger partial charge is 0.338 e. The Morgan fingerprint density at radius 2 is 2.17 bits per heavy atom. The van der Waals surface area contributed by atoms with Crippen LogP contribution in [0.3, 0.4) is 0 Å². The quantitative estimate of drug-likeness (QED) is 0.695. The van der Waals surface area contributed by atoms with Crippen molar-refractivity contribution < 1.29 is 14.3 Å². The molecule has 3 aromatic rings. The van der Waals surface area contributed by atoms with E-state index < -0.39 is 5.97 Å². The third-order valence-electron chi connectivity index (χ3n) is 3.20. The summed E-state index contributed by atoms with van der Waals surface area (Å²) in [5.74, 6) is -0.928. The molecule has 0 bridgehead atoms. The number of fused-ring (bicyclic) bond motifs is 1. The number of nitrogens with zero attached hydrogens (tertiary/aromatic N) is 2. The first kappa shape index (κ1) is 14.7. The van der Waals surface area contributed by atoms with E-state index in [4.69, 9.17) is 4.74 Å². The molecule has 2 heterocycles. The van der Waals surface area contributed by atoms with Gasteiger partial charge in [-0.05, 0) is 29.8 Å². The van der Waals surface area contributed by atoms with Crippen molar-refractivity contribution in [1.29, 1.82) is 0 Å². The molecule has 1 amide bonds. The highest BCUT2D eigenvalue weighted by Gasteiger charge is 2.11. The van der Waals surface area contributed by atoms with E-state index in [1.165, 1.54) is 0 Å². The molecule has 0 fully saturated rings. The summed E-state index contributed by atoms with van der Waals surface area (Å²) in [5.41, 5.74) is 2.73. The van der Waals surface area contributed by atoms with Crippen LogP contribution in [-0.4, -0.2) is 33.4 Å². The molecular formula is C16H14N4O3. The van der Waals surface area contributed by atoms with Crippen LogP contribution in [0.4, 0.5) is 0 Å². The number of carbonyl (C=O) groups excluding carboxylic acids is 2. The second-order valence-electron chi connectivity index (χ2n) is 4.85. The maximum Gasteiger partial charge on any atom is 0.338 e. The van der Waals surface area contributed by atoms with Crippen LogP contribution in [0.5, 0.6) is 0 Å². The number of nitrogens with one attached hydrogen (secondary N) is 2. The zero-order valence-corrected chi connectivity index (χ0v) is 12.2. The summed E-state index contributed by atoms with van der Waals surface area (Å²) in [6, 6.07) is 8.59. The molecule has 116 valence electrons. The maximum atomic E-state index is 11.9. The van der Waals surface area contributed by atoms with Crippen LogP contribution in [0.1, 0.15) is 15.9 Å². The first-order valence-electron chi connectivity index (χ1n) is 6.98. The Kier molecular flexibility index (Phi) is 4.28. The van der Waals surface area contributed by atoms with Gasteiger partial charge in [0.1, 0.15) is 0 Å². The zero-order valence-electron chi connectivity index (χ0n) is 12.2. The van der Waals surface area contributed by atoms with Gasteiger partial charge in [0, 0.05) is 18.9 Å². The highest BCUT2D eigenvalue weighted by molar-refractivity contribution is 5.94. The van der Waals surface area contributed by atoms with Crippen molar-refractivity contribution in [3.63, 3.8) is 0 Å². The van der Waals surface area contributed by atoms with Crippen molar-refractivity contribution in [2.75, 3.05) is 6.61 Å². The fourth-order valence-electron chi connectivity index (χ4n) is 2.03. The van der Waals surface area contributed by atoms with Gasteiger partial charge in [0.2, 0.25) is 0 Å². The SMILES string of the molecule is O=C(COC(=O)c1ccc2nc[nH]c2c1)NCc1cccnc1. The fraction of sp³-hybridized carbons (Fsp3) is 0.125. The van der Waals surface area contributed by atoms with Gasteiger partial charge < -0.3 is 15.0 Å². The molecule has 0 aliphatic heterocycles. The van der Waals surface area contributed by atoms with Gasteiger partial charge in [0.15, 0.2) is 6.61 Å². The van der Waals surface area contributed by atoms with Crippen LogP contribution in [0.25, 0.3) is 11.0 Å². The van der Waals surface area contributed by atoms with Gasteiger partial charge >= 0.3 is 5.97 Å². The summed E-state index contributed by atoms with van der Waals surface area (Å²) in [4.78, 5) is 34.6. The molecular weight excluding hydrogens is 296 g/mol. The molecule has 23 heavy (non-hydrogen) atoms. The maximum absolute atomic E-state index is 11.9. The van der Waals surface area contributed by atoms with Crippen LogP contribution in [-0.2, 0) is 16.1 Å². The molecule has 0 saturated heterocycles. The second kappa shape index (κ2) is 6.69. The number of pyridine rings is 1. The van der Waals surface area contributed by atoms with Gasteiger partial charge in [-0.3, -0.25) is 9.78 Å². The topological polar surface area (TPSA) is 97.0 Å². The Labute approximate surface area is 131 Å². The molecule has 0 saturated carbocycles. The molecule has 1 aromatic carbocycles. The Morgan fingerprint density at radius 1 is 1.26 bits per heavy atom. The van der Waals surface area contributed by atoms with Gasteiger partial charge in [0.05, 0.1) is 22.9 Å². The van der Waals surface area contributed by atoms with Crippen molar-refractivity contribution >= 4 is 22.9 Å². The Bertz CT molecular complexity index is 829. The number of carbonyl (C=O) groups is 2. The van der Waals surface area contributed by atoms with E-state index in [1.54, 1.807) is 43.0 Å². The number of esters is 1. The lowest BCUT2D eigenvalue weighted by molar-refractivity contribution is -0.124. The van der Waals surface area contributed by atoms with E-state index in [1.807, 2.05) is 6.07 Å². The molecule has 2 aromatic heterocycles. The standard InChI is InChI=1S/C16H14N4O3/c21-15(18-8-11-2-1-5-17-7-11)9-23-16(22)12-3-4-13-14(6-12)20-10-19-13/h1-7,10H,8-9H2,(H,18,21)(H,19,20). The van der Waals surface area contributed by atoms with Crippen LogP contribution in [0, 0.1) is 0 Å². The van der Waals surface area contributed by atoms with Crippen LogP contribution in [0.15, 0.2) is 49.1 Å². The molecule has 0 aliphatic carbocycles. The first-order chi connectivity index (χ1) is 11.2. The number of H-pyrrole nitrogens is 1. The number of hydrogen-bond donors (Lipinski definition) is 2. The van der Waals surface area contributed by atoms with Gasteiger partial charge in [-0.2, -0.15) is 0 Å². The Morgan fingerprint density at radius 3 is 3.00 bits per heavy atom. The monoisotopic (exact) mass is 310 g/mol. The van der Waals surface area contributed by atoms with Crippen molar-refractivity contribution in [2.45, 2.75) is 6.54 Å². The highest BCUT2D eigenvalue weighted by atomic mass is 16.5. The molecule has 0 unspecified atom stereocenters. The lowest BCUT2D eigenvalue weighted by atomic mass is 10.2. The van der Waals surface area contributed by atoms with Gasteiger partial charge in [-0.1, -0.05) is 6.07 Å². The number of benzene rings is 1. The number of aromatic amines is 1. The number of imidazole rings is 1. The minimum atomic E-state index is -0.557. The Hall–Kier alpha value is -3.22. The summed E-state index contributed by atoms with van der Waals surface area (Å²) in [5, 5.41) is 2.66. The van der Waals surface area contributed by atoms with Gasteiger partial charge in [-0.25, -0.2) is 9.78 Å². The number of ether oxygens (including phenoxy) is 1. The molecule has 7 nitrogen and oxygen atoms in total. The largest absolute Gasteiger partial charge is 0.452 e. The third kappa shape index (κ3) is 3.70. The lowest BCUT2D eigenvalue weighted by Gasteiger charge is -2.06. The number of amides is 1. The number of rotatable bonds is 5. The van der Waals surface area contributed by atoms with Crippen molar-refractivity contribution in [3.8, 4) is 0 Å². The minimum absolute atomic E-state index is 0.333. The summed E-state index contributed by atoms with van der Waals surface area (Å²) in [7, 11) is 0. The van der Waals surface area contributed by atoms with E-state index in [2.05, 4.69) is 20.3 Å². The minimum Gasteiger partial charge on any atom is -0.452 e. The first-order valence-corrected chi connectivity index (χ1v) is 6.98. The predicted molar refractivity (Wildman–Crippen MR) is 82.5 cm³/mol. The van der Waals surface area contributed by atoms with E-state index >= 15 is 0 Å². The van der Waals surface area contributed by atoms with Gasteiger partial charge in [-0.15, -0.1) is 0 Å². The average molecular weight is 310 g/mol. The van der Waals surface area contributed by atoms with Crippen molar-refractivity contribution in [3.05, 3.63) is 60.2 Å². The number of hydrogen-bond acceptors (Lipinski definition) is 5. The van der Waals surface area contributed by atoms with E-state index in [9.17, 15) is 9.59 Å². The average Bonchev–Trinajstić information content (AvgIpc) is 3.06. The van der Waals surface area contributed by atoms with Crippen LogP contribution < -0.4 is 5.32 Å². The molecule has 3 rings (SSSR count). The Balaban J connectivity index is 1.51. The summed E-state index contributed by atoms with van der Waals surface area (Å²) in [6.07, 6.45) is 4.86. The highest BCUT2D eigenvalue weighted by Crippen LogP contribution is 2.12. The molecule has 7 heteroatoms. The molecule has 0 spiro atoms. The lowest BCUT2D eigenvalue weighted by Crippen LogP contribution is -2.28. The molecule has 2 N–H and O–H groups in total. The van der Waals surface area contributed by atoms with Gasteiger partial charge in [0.25, 0.3) is 5.91 Å². The van der Waals surface area contributed by atoms with Crippen LogP contribution in [0.2, 0.25) is 0 Å². The fourth-order valence-corrected chi connectivity index (χ4v) is 2.03. The summed E-state index contributed by atoms with van der Waals surface area (Å²) < 4.78 is 5.00. The van der Waals surface area contributed by atoms with E-state index in [-0.39, 0.29) is 12.5 Å². The molecule has 0 atom stereocenters.